The van der Waals surface area contributed by atoms with Gasteiger partial charge in [-0.1, -0.05) is 18.9 Å². The largest absolute Gasteiger partial charge is 0.368 e. The molecule has 0 aliphatic heterocycles. The molecule has 6 nitrogen and oxygen atoms in total. The molecule has 3 N–H and O–H groups in total. The van der Waals surface area contributed by atoms with E-state index in [-0.39, 0.29) is 29.7 Å². The average molecular weight is 263 g/mol. The van der Waals surface area contributed by atoms with Crippen molar-refractivity contribution in [1.82, 2.24) is 9.88 Å². The van der Waals surface area contributed by atoms with Crippen molar-refractivity contribution in [3.05, 3.63) is 34.2 Å². The minimum atomic E-state index is -0.543. The molecule has 1 saturated carbocycles. The summed E-state index contributed by atoms with van der Waals surface area (Å²) in [5.41, 5.74) is 5.06. The van der Waals surface area contributed by atoms with Gasteiger partial charge in [0.15, 0.2) is 0 Å². The van der Waals surface area contributed by atoms with Crippen molar-refractivity contribution in [1.29, 1.82) is 0 Å². The maximum absolute atomic E-state index is 12.4. The molecule has 1 aromatic rings. The van der Waals surface area contributed by atoms with Crippen molar-refractivity contribution in [2.45, 2.75) is 31.7 Å². The number of hydrogen-bond donors (Lipinski definition) is 2. The Bertz CT molecular complexity index is 532. The number of rotatable bonds is 4. The summed E-state index contributed by atoms with van der Waals surface area (Å²) in [5, 5.41) is 0. The maximum atomic E-state index is 12.4. The van der Waals surface area contributed by atoms with Crippen molar-refractivity contribution < 1.29 is 9.59 Å². The molecule has 0 radical (unpaired) electrons. The van der Waals surface area contributed by atoms with Gasteiger partial charge in [-0.15, -0.1) is 0 Å². The molecule has 1 fully saturated rings. The highest BCUT2D eigenvalue weighted by Crippen LogP contribution is 2.24. The number of nitrogens with zero attached hydrogens (tertiary/aromatic N) is 1. The summed E-state index contributed by atoms with van der Waals surface area (Å²) in [5.74, 6) is -0.887. The molecule has 0 unspecified atom stereocenters. The van der Waals surface area contributed by atoms with Gasteiger partial charge >= 0.3 is 0 Å². The molecule has 1 aliphatic carbocycles. The van der Waals surface area contributed by atoms with Crippen LogP contribution < -0.4 is 11.3 Å². The van der Waals surface area contributed by atoms with Crippen molar-refractivity contribution in [2.75, 3.05) is 6.54 Å². The molecule has 2 rings (SSSR count). The van der Waals surface area contributed by atoms with Crippen molar-refractivity contribution in [3.8, 4) is 0 Å². The SMILES string of the molecule is NC(=O)CN(C(=O)c1cccc(=O)[nH]1)C1CCCC1. The third-order valence-corrected chi connectivity index (χ3v) is 3.35. The first-order chi connectivity index (χ1) is 9.08. The minimum absolute atomic E-state index is 0.0312. The van der Waals surface area contributed by atoms with Gasteiger partial charge < -0.3 is 15.6 Å². The van der Waals surface area contributed by atoms with Crippen LogP contribution in [0.5, 0.6) is 0 Å². The van der Waals surface area contributed by atoms with Crippen LogP contribution in [-0.2, 0) is 4.79 Å². The summed E-state index contributed by atoms with van der Waals surface area (Å²) < 4.78 is 0. The lowest BCUT2D eigenvalue weighted by molar-refractivity contribution is -0.119. The number of carbonyl (C=O) groups excluding carboxylic acids is 2. The third-order valence-electron chi connectivity index (χ3n) is 3.35. The van der Waals surface area contributed by atoms with Crippen molar-refractivity contribution in [2.24, 2.45) is 5.73 Å². The van der Waals surface area contributed by atoms with Crippen LogP contribution in [0.2, 0.25) is 0 Å². The number of H-pyrrole nitrogens is 1. The fourth-order valence-corrected chi connectivity index (χ4v) is 2.48. The topological polar surface area (TPSA) is 96.3 Å². The Morgan fingerprint density at radius 2 is 2.00 bits per heavy atom. The van der Waals surface area contributed by atoms with Gasteiger partial charge in [-0.05, 0) is 18.9 Å². The van der Waals surface area contributed by atoms with Gasteiger partial charge in [0.25, 0.3) is 5.91 Å². The molecule has 1 aromatic heterocycles. The number of primary amides is 1. The molecule has 6 heteroatoms. The highest BCUT2D eigenvalue weighted by atomic mass is 16.2. The standard InChI is InChI=1S/C13H17N3O3/c14-11(17)8-16(9-4-1-2-5-9)13(19)10-6-3-7-12(18)15-10/h3,6-7,9H,1-2,4-5,8H2,(H2,14,17)(H,15,18). The lowest BCUT2D eigenvalue weighted by Gasteiger charge is -2.27. The quantitative estimate of drug-likeness (QED) is 0.814. The number of hydrogen-bond acceptors (Lipinski definition) is 3. The predicted molar refractivity (Wildman–Crippen MR) is 69.5 cm³/mol. The van der Waals surface area contributed by atoms with E-state index in [1.807, 2.05) is 0 Å². The van der Waals surface area contributed by atoms with Gasteiger partial charge in [-0.3, -0.25) is 14.4 Å². The van der Waals surface area contributed by atoms with Crippen LogP contribution in [0.4, 0.5) is 0 Å². The zero-order valence-electron chi connectivity index (χ0n) is 10.6. The highest BCUT2D eigenvalue weighted by Gasteiger charge is 2.28. The summed E-state index contributed by atoms with van der Waals surface area (Å²) in [4.78, 5) is 38.7. The first-order valence-electron chi connectivity index (χ1n) is 6.36. The summed E-state index contributed by atoms with van der Waals surface area (Å²) in [6.07, 6.45) is 3.82. The van der Waals surface area contributed by atoms with Gasteiger partial charge in [0.2, 0.25) is 11.5 Å². The highest BCUT2D eigenvalue weighted by molar-refractivity contribution is 5.94. The van der Waals surface area contributed by atoms with E-state index in [2.05, 4.69) is 4.98 Å². The second-order valence-corrected chi connectivity index (χ2v) is 4.77. The number of nitrogens with two attached hydrogens (primary N) is 1. The van der Waals surface area contributed by atoms with E-state index in [1.54, 1.807) is 0 Å². The maximum Gasteiger partial charge on any atom is 0.271 e. The van der Waals surface area contributed by atoms with Gasteiger partial charge in [-0.2, -0.15) is 0 Å². The van der Waals surface area contributed by atoms with Gasteiger partial charge in [0, 0.05) is 12.1 Å². The van der Waals surface area contributed by atoms with Crippen molar-refractivity contribution >= 4 is 11.8 Å². The van der Waals surface area contributed by atoms with E-state index >= 15 is 0 Å². The third kappa shape index (κ3) is 3.21. The minimum Gasteiger partial charge on any atom is -0.368 e. The van der Waals surface area contributed by atoms with Crippen LogP contribution in [0.1, 0.15) is 36.2 Å². The van der Waals surface area contributed by atoms with Crippen molar-refractivity contribution in [3.63, 3.8) is 0 Å². The second-order valence-electron chi connectivity index (χ2n) is 4.77. The Labute approximate surface area is 110 Å². The lowest BCUT2D eigenvalue weighted by atomic mass is 10.2. The Morgan fingerprint density at radius 1 is 1.32 bits per heavy atom. The molecule has 0 saturated heterocycles. The molecular weight excluding hydrogens is 246 g/mol. The van der Waals surface area contributed by atoms with E-state index in [4.69, 9.17) is 5.73 Å². The Balaban J connectivity index is 2.24. The smallest absolute Gasteiger partial charge is 0.271 e. The molecule has 2 amide bonds. The Hall–Kier alpha value is -2.11. The Morgan fingerprint density at radius 3 is 2.58 bits per heavy atom. The normalized spacial score (nSPS) is 15.4. The summed E-state index contributed by atoms with van der Waals surface area (Å²) >= 11 is 0. The van der Waals surface area contributed by atoms with Gasteiger partial charge in [0.1, 0.15) is 5.69 Å². The Kier molecular flexibility index (Phi) is 3.99. The molecule has 102 valence electrons. The van der Waals surface area contributed by atoms with E-state index in [0.717, 1.165) is 25.7 Å². The zero-order valence-corrected chi connectivity index (χ0v) is 10.6. The first-order valence-corrected chi connectivity index (χ1v) is 6.36. The lowest BCUT2D eigenvalue weighted by Crippen LogP contribution is -2.44. The number of carbonyl (C=O) groups is 2. The number of pyridine rings is 1. The molecule has 19 heavy (non-hydrogen) atoms. The number of aromatic nitrogens is 1. The van der Waals surface area contributed by atoms with Crippen LogP contribution in [0, 0.1) is 0 Å². The van der Waals surface area contributed by atoms with Crippen LogP contribution in [-0.4, -0.2) is 34.3 Å². The van der Waals surface area contributed by atoms with E-state index in [9.17, 15) is 14.4 Å². The van der Waals surface area contributed by atoms with Gasteiger partial charge in [0.05, 0.1) is 6.54 Å². The van der Waals surface area contributed by atoms with Crippen LogP contribution in [0.15, 0.2) is 23.0 Å². The number of nitrogens with one attached hydrogen (secondary N) is 1. The van der Waals surface area contributed by atoms with Crippen LogP contribution in [0.25, 0.3) is 0 Å². The monoisotopic (exact) mass is 263 g/mol. The summed E-state index contributed by atoms with van der Waals surface area (Å²) in [6.45, 7) is -0.111. The van der Waals surface area contributed by atoms with Crippen LogP contribution >= 0.6 is 0 Å². The fraction of sp³-hybridized carbons (Fsp3) is 0.462. The number of amides is 2. The molecule has 0 spiro atoms. The second kappa shape index (κ2) is 5.69. The van der Waals surface area contributed by atoms with E-state index < -0.39 is 5.91 Å². The van der Waals surface area contributed by atoms with E-state index in [1.165, 1.54) is 23.1 Å². The molecule has 1 aliphatic rings. The molecular formula is C13H17N3O3. The fourth-order valence-electron chi connectivity index (χ4n) is 2.48. The molecule has 0 atom stereocenters. The summed E-state index contributed by atoms with van der Waals surface area (Å²) in [7, 11) is 0. The molecule has 0 bridgehead atoms. The molecule has 0 aromatic carbocycles. The van der Waals surface area contributed by atoms with E-state index in [0.29, 0.717) is 0 Å². The van der Waals surface area contributed by atoms with Gasteiger partial charge in [-0.25, -0.2) is 0 Å². The van der Waals surface area contributed by atoms with Crippen LogP contribution in [0.3, 0.4) is 0 Å². The summed E-state index contributed by atoms with van der Waals surface area (Å²) in [6, 6.07) is 4.42. The predicted octanol–water partition coefficient (Wildman–Crippen LogP) is 0.245. The molecule has 1 heterocycles. The number of aromatic amines is 1. The zero-order chi connectivity index (χ0) is 13.8. The first kappa shape index (κ1) is 13.3. The average Bonchev–Trinajstić information content (AvgIpc) is 2.88.